The predicted molar refractivity (Wildman–Crippen MR) is 213 cm³/mol. The Kier molecular flexibility index (Phi) is 6.18. The predicted octanol–water partition coefficient (Wildman–Crippen LogP) is 12.2. The van der Waals surface area contributed by atoms with Gasteiger partial charge in [0.05, 0.1) is 22.1 Å². The molecule has 0 N–H and O–H groups in total. The van der Waals surface area contributed by atoms with Crippen LogP contribution in [0.25, 0.3) is 105 Å². The number of benzene rings is 8. The van der Waals surface area contributed by atoms with Crippen LogP contribution in [-0.4, -0.2) is 19.5 Å². The summed E-state index contributed by atoms with van der Waals surface area (Å²) in [5.74, 6) is 1.80. The second-order valence-electron chi connectivity index (χ2n) is 13.3. The normalized spacial score (nSPS) is 11.8. The summed E-state index contributed by atoms with van der Waals surface area (Å²) in [4.78, 5) is 15.4. The molecule has 5 heteroatoms. The number of hydrogen-bond acceptors (Lipinski definition) is 4. The number of furan rings is 1. The van der Waals surface area contributed by atoms with Crippen LogP contribution in [0.5, 0.6) is 0 Å². The zero-order chi connectivity index (χ0) is 34.2. The van der Waals surface area contributed by atoms with E-state index >= 15 is 0 Å². The number of aromatic nitrogens is 4. The number of rotatable bonds is 4. The first-order valence-corrected chi connectivity index (χ1v) is 17.4. The summed E-state index contributed by atoms with van der Waals surface area (Å²) in [6.07, 6.45) is 0. The summed E-state index contributed by atoms with van der Waals surface area (Å²) in [6, 6.07) is 59.2. The van der Waals surface area contributed by atoms with E-state index in [0.717, 1.165) is 60.7 Å². The zero-order valence-corrected chi connectivity index (χ0v) is 27.9. The van der Waals surface area contributed by atoms with Gasteiger partial charge in [0.1, 0.15) is 11.2 Å². The Morgan fingerprint density at radius 2 is 0.981 bits per heavy atom. The molecule has 0 atom stereocenters. The van der Waals surface area contributed by atoms with Gasteiger partial charge in [0.25, 0.3) is 0 Å². The van der Waals surface area contributed by atoms with Gasteiger partial charge in [-0.1, -0.05) is 127 Å². The number of fused-ring (bicyclic) bond motifs is 8. The molecule has 8 aromatic carbocycles. The largest absolute Gasteiger partial charge is 0.456 e. The van der Waals surface area contributed by atoms with Crippen molar-refractivity contribution in [3.8, 4) is 39.9 Å². The topological polar surface area (TPSA) is 56.7 Å². The van der Waals surface area contributed by atoms with Crippen molar-refractivity contribution in [1.82, 2.24) is 19.5 Å². The summed E-state index contributed by atoms with van der Waals surface area (Å²) in [5.41, 5.74) is 7.55. The third kappa shape index (κ3) is 4.46. The van der Waals surface area contributed by atoms with Crippen molar-refractivity contribution in [3.05, 3.63) is 170 Å². The molecule has 0 unspecified atom stereocenters. The monoisotopic (exact) mass is 664 g/mol. The van der Waals surface area contributed by atoms with Crippen molar-refractivity contribution in [3.63, 3.8) is 0 Å². The second-order valence-corrected chi connectivity index (χ2v) is 13.3. The highest BCUT2D eigenvalue weighted by atomic mass is 16.3. The van der Waals surface area contributed by atoms with Gasteiger partial charge in [0, 0.05) is 32.8 Å². The van der Waals surface area contributed by atoms with Gasteiger partial charge in [-0.05, 0) is 64.0 Å². The van der Waals surface area contributed by atoms with Gasteiger partial charge in [-0.2, -0.15) is 0 Å². The van der Waals surface area contributed by atoms with E-state index in [-0.39, 0.29) is 0 Å². The lowest BCUT2D eigenvalue weighted by Gasteiger charge is -2.13. The van der Waals surface area contributed by atoms with Gasteiger partial charge in [-0.25, -0.2) is 15.0 Å². The van der Waals surface area contributed by atoms with E-state index in [4.69, 9.17) is 19.4 Å². The van der Waals surface area contributed by atoms with Gasteiger partial charge < -0.3 is 8.98 Å². The lowest BCUT2D eigenvalue weighted by Crippen LogP contribution is -2.01. The summed E-state index contributed by atoms with van der Waals surface area (Å²) in [7, 11) is 0. The fourth-order valence-corrected chi connectivity index (χ4v) is 7.73. The molecule has 0 saturated carbocycles. The zero-order valence-electron chi connectivity index (χ0n) is 27.9. The molecule has 0 saturated heterocycles. The average molecular weight is 665 g/mol. The van der Waals surface area contributed by atoms with Gasteiger partial charge >= 0.3 is 0 Å². The van der Waals surface area contributed by atoms with E-state index in [9.17, 15) is 0 Å². The molecule has 11 rings (SSSR count). The molecular weight excluding hydrogens is 637 g/mol. The second kappa shape index (κ2) is 11.2. The molecule has 52 heavy (non-hydrogen) atoms. The summed E-state index contributed by atoms with van der Waals surface area (Å²) in [6.45, 7) is 0. The Hall–Kier alpha value is -7.11. The van der Waals surface area contributed by atoms with Crippen LogP contribution in [0.15, 0.2) is 174 Å². The maximum Gasteiger partial charge on any atom is 0.164 e. The molecule has 0 radical (unpaired) electrons. The minimum absolute atomic E-state index is 0.576. The Balaban J connectivity index is 1.23. The minimum atomic E-state index is 0.576. The molecule has 242 valence electrons. The number of hydrogen-bond donors (Lipinski definition) is 0. The van der Waals surface area contributed by atoms with Crippen LogP contribution in [0.1, 0.15) is 0 Å². The van der Waals surface area contributed by atoms with E-state index in [1.165, 1.54) is 26.9 Å². The SMILES string of the molecule is c1ccc(-c2nc(-c3ccc4ccccc4c3)nc(-c3cc(-n4c5ccccc5c5cc6ccccc6cc54)c4c(c3)oc3ccccc34)n2)cc1. The highest BCUT2D eigenvalue weighted by molar-refractivity contribution is 6.17. The Morgan fingerprint density at radius 1 is 0.365 bits per heavy atom. The maximum absolute atomic E-state index is 6.64. The number of nitrogens with zero attached hydrogens (tertiary/aromatic N) is 4. The van der Waals surface area contributed by atoms with Crippen molar-refractivity contribution < 1.29 is 4.42 Å². The molecule has 0 spiro atoms. The fraction of sp³-hybridized carbons (Fsp3) is 0. The lowest BCUT2D eigenvalue weighted by molar-refractivity contribution is 0.669. The minimum Gasteiger partial charge on any atom is -0.456 e. The quantitative estimate of drug-likeness (QED) is 0.188. The molecule has 3 heterocycles. The van der Waals surface area contributed by atoms with Crippen LogP contribution in [0.4, 0.5) is 0 Å². The van der Waals surface area contributed by atoms with E-state index in [1.54, 1.807) is 0 Å². The first-order chi connectivity index (χ1) is 25.7. The van der Waals surface area contributed by atoms with Crippen LogP contribution >= 0.6 is 0 Å². The highest BCUT2D eigenvalue weighted by Gasteiger charge is 2.22. The maximum atomic E-state index is 6.64. The van der Waals surface area contributed by atoms with Crippen molar-refractivity contribution in [2.75, 3.05) is 0 Å². The van der Waals surface area contributed by atoms with Crippen LogP contribution < -0.4 is 0 Å². The molecule has 0 amide bonds. The highest BCUT2D eigenvalue weighted by Crippen LogP contribution is 2.42. The van der Waals surface area contributed by atoms with Crippen LogP contribution in [-0.2, 0) is 0 Å². The van der Waals surface area contributed by atoms with E-state index in [2.05, 4.69) is 132 Å². The van der Waals surface area contributed by atoms with Crippen molar-refractivity contribution in [2.24, 2.45) is 0 Å². The molecule has 5 nitrogen and oxygen atoms in total. The van der Waals surface area contributed by atoms with Crippen LogP contribution in [0.2, 0.25) is 0 Å². The average Bonchev–Trinajstić information content (AvgIpc) is 3.75. The fourth-order valence-electron chi connectivity index (χ4n) is 7.73. The molecule has 0 aliphatic heterocycles. The molecule has 11 aromatic rings. The van der Waals surface area contributed by atoms with Gasteiger partial charge in [-0.15, -0.1) is 0 Å². The molecule has 0 aliphatic rings. The van der Waals surface area contributed by atoms with Gasteiger partial charge in [-0.3, -0.25) is 0 Å². The van der Waals surface area contributed by atoms with Crippen LogP contribution in [0.3, 0.4) is 0 Å². The van der Waals surface area contributed by atoms with E-state index in [1.807, 2.05) is 42.5 Å². The van der Waals surface area contributed by atoms with Crippen molar-refractivity contribution >= 4 is 65.3 Å². The van der Waals surface area contributed by atoms with E-state index < -0.39 is 0 Å². The van der Waals surface area contributed by atoms with Crippen molar-refractivity contribution in [2.45, 2.75) is 0 Å². The summed E-state index contributed by atoms with van der Waals surface area (Å²) < 4.78 is 9.02. The van der Waals surface area contributed by atoms with Gasteiger partial charge in [0.15, 0.2) is 17.5 Å². The lowest BCUT2D eigenvalue weighted by atomic mass is 10.0. The Labute approximate surface area is 298 Å². The molecule has 0 aliphatic carbocycles. The van der Waals surface area contributed by atoms with Crippen LogP contribution in [0, 0.1) is 0 Å². The van der Waals surface area contributed by atoms with Crippen molar-refractivity contribution in [1.29, 1.82) is 0 Å². The third-order valence-corrected chi connectivity index (χ3v) is 10.2. The summed E-state index contributed by atoms with van der Waals surface area (Å²) >= 11 is 0. The summed E-state index contributed by atoms with van der Waals surface area (Å²) in [5, 5.41) is 9.20. The first-order valence-electron chi connectivity index (χ1n) is 17.4. The number of para-hydroxylation sites is 2. The van der Waals surface area contributed by atoms with E-state index in [0.29, 0.717) is 17.5 Å². The van der Waals surface area contributed by atoms with Gasteiger partial charge in [0.2, 0.25) is 0 Å². The molecule has 3 aromatic heterocycles. The Morgan fingerprint density at radius 3 is 1.79 bits per heavy atom. The smallest absolute Gasteiger partial charge is 0.164 e. The Bertz CT molecular complexity index is 3190. The molecule has 0 fully saturated rings. The standard InChI is InChI=1S/C47H28N4O/c1-2-13-30(14-3-1)45-48-46(34-23-22-29-12-4-5-15-31(29)24-34)50-47(49-45)35-27-41(44-37-19-9-11-21-42(37)52-43(44)28-35)51-39-20-10-8-18-36(39)38-25-32-16-6-7-17-33(32)26-40(38)51/h1-28H. The first kappa shape index (κ1) is 28.7. The third-order valence-electron chi connectivity index (χ3n) is 10.2. The molecule has 0 bridgehead atoms. The molecular formula is C47H28N4O.